The summed E-state index contributed by atoms with van der Waals surface area (Å²) in [5.74, 6) is 0.880. The lowest BCUT2D eigenvalue weighted by Gasteiger charge is -2.45. The van der Waals surface area contributed by atoms with Crippen molar-refractivity contribution in [1.82, 2.24) is 29.5 Å². The Morgan fingerprint density at radius 2 is 2.24 bits per heavy atom. The van der Waals surface area contributed by atoms with Crippen LogP contribution in [0, 0.1) is 0 Å². The first-order chi connectivity index (χ1) is 12.1. The largest absolute Gasteiger partial charge is 0.357 e. The van der Waals surface area contributed by atoms with Gasteiger partial charge in [0.15, 0.2) is 6.10 Å². The molecule has 8 nitrogen and oxygen atoms in total. The fourth-order valence-electron chi connectivity index (χ4n) is 3.92. The monoisotopic (exact) mass is 344 g/mol. The molecule has 25 heavy (non-hydrogen) atoms. The molecule has 0 aliphatic carbocycles. The number of hydrogen-bond donors (Lipinski definition) is 1. The molecule has 2 aromatic heterocycles. The van der Waals surface area contributed by atoms with Crippen LogP contribution in [0.2, 0.25) is 0 Å². The molecule has 4 heterocycles. The van der Waals surface area contributed by atoms with Crippen LogP contribution < -0.4 is 5.32 Å². The van der Waals surface area contributed by atoms with Crippen molar-refractivity contribution in [1.29, 1.82) is 0 Å². The number of piperidine rings is 1. The van der Waals surface area contributed by atoms with Crippen molar-refractivity contribution >= 4 is 5.91 Å². The van der Waals surface area contributed by atoms with E-state index in [-0.39, 0.29) is 5.91 Å². The summed E-state index contributed by atoms with van der Waals surface area (Å²) in [5.41, 5.74) is 0.748. The number of hydrogen-bond acceptors (Lipinski definition) is 5. The second-order valence-corrected chi connectivity index (χ2v) is 6.92. The number of carbonyl (C=O) groups excluding carboxylic acids is 1. The van der Waals surface area contributed by atoms with E-state index in [2.05, 4.69) is 31.1 Å². The van der Waals surface area contributed by atoms with Crippen molar-refractivity contribution in [3.63, 3.8) is 0 Å². The molecular weight excluding hydrogens is 320 g/mol. The Kier molecular flexibility index (Phi) is 4.09. The van der Waals surface area contributed by atoms with Gasteiger partial charge in [0.2, 0.25) is 0 Å². The van der Waals surface area contributed by atoms with Crippen LogP contribution in [-0.4, -0.2) is 56.4 Å². The molecule has 2 aromatic rings. The van der Waals surface area contributed by atoms with Gasteiger partial charge >= 0.3 is 0 Å². The van der Waals surface area contributed by atoms with Crippen molar-refractivity contribution < 1.29 is 9.53 Å². The molecule has 4 rings (SSSR count). The zero-order chi connectivity index (χ0) is 17.4. The van der Waals surface area contributed by atoms with Crippen LogP contribution >= 0.6 is 0 Å². The van der Waals surface area contributed by atoms with E-state index in [0.717, 1.165) is 38.3 Å². The number of carbonyl (C=O) groups is 1. The van der Waals surface area contributed by atoms with Gasteiger partial charge in [0.1, 0.15) is 11.4 Å². The molecule has 0 bridgehead atoms. The second kappa shape index (κ2) is 6.27. The Labute approximate surface area is 146 Å². The highest BCUT2D eigenvalue weighted by molar-refractivity contribution is 5.80. The number of likely N-dealkylation sites (tertiary alicyclic amines) is 1. The highest BCUT2D eigenvalue weighted by Crippen LogP contribution is 2.40. The lowest BCUT2D eigenvalue weighted by molar-refractivity contribution is -0.173. The van der Waals surface area contributed by atoms with Gasteiger partial charge in [-0.25, -0.2) is 4.98 Å². The van der Waals surface area contributed by atoms with Crippen LogP contribution in [0.5, 0.6) is 0 Å². The fraction of sp³-hybridized carbons (Fsp3) is 0.588. The molecule has 134 valence electrons. The molecule has 1 atom stereocenters. The van der Waals surface area contributed by atoms with Crippen molar-refractivity contribution in [3.8, 4) is 0 Å². The molecule has 1 spiro atoms. The van der Waals surface area contributed by atoms with Crippen molar-refractivity contribution in [2.75, 3.05) is 20.1 Å². The molecule has 0 saturated carbocycles. The number of aryl methyl sites for hydroxylation is 1. The highest BCUT2D eigenvalue weighted by atomic mass is 16.5. The van der Waals surface area contributed by atoms with Crippen molar-refractivity contribution in [2.24, 2.45) is 7.05 Å². The number of likely N-dealkylation sites (N-methyl/N-ethyl adjacent to an activating group) is 1. The van der Waals surface area contributed by atoms with E-state index >= 15 is 0 Å². The third-order valence-electron chi connectivity index (χ3n) is 5.22. The Morgan fingerprint density at radius 1 is 1.44 bits per heavy atom. The number of nitrogens with zero attached hydrogens (tertiary/aromatic N) is 5. The first-order valence-corrected chi connectivity index (χ1v) is 8.70. The second-order valence-electron chi connectivity index (χ2n) is 6.92. The Hall–Kier alpha value is -2.19. The quantitative estimate of drug-likeness (QED) is 0.864. The van der Waals surface area contributed by atoms with Crippen LogP contribution in [0.3, 0.4) is 0 Å². The predicted molar refractivity (Wildman–Crippen MR) is 90.6 cm³/mol. The topological polar surface area (TPSA) is 77.2 Å². The third kappa shape index (κ3) is 2.96. The highest BCUT2D eigenvalue weighted by Gasteiger charge is 2.46. The summed E-state index contributed by atoms with van der Waals surface area (Å²) in [5, 5.41) is 6.94. The first-order valence-electron chi connectivity index (χ1n) is 8.70. The molecule has 1 saturated heterocycles. The molecule has 1 amide bonds. The number of fused-ring (bicyclic) bond motifs is 2. The molecule has 2 aliphatic heterocycles. The molecule has 0 aromatic carbocycles. The molecule has 8 heteroatoms. The molecule has 0 radical (unpaired) electrons. The average Bonchev–Trinajstić information content (AvgIpc) is 3.25. The zero-order valence-corrected chi connectivity index (χ0v) is 14.7. The van der Waals surface area contributed by atoms with Gasteiger partial charge in [-0.3, -0.25) is 14.4 Å². The summed E-state index contributed by atoms with van der Waals surface area (Å²) in [6.07, 6.45) is 8.91. The maximum absolute atomic E-state index is 12.1. The smallest absolute Gasteiger partial charge is 0.250 e. The molecular formula is C17H24N6O2. The molecule has 2 aliphatic rings. The third-order valence-corrected chi connectivity index (χ3v) is 5.22. The Bertz CT molecular complexity index is 759. The molecule has 1 N–H and O–H groups in total. The number of imidazole rings is 1. The van der Waals surface area contributed by atoms with Gasteiger partial charge in [0, 0.05) is 57.9 Å². The summed E-state index contributed by atoms with van der Waals surface area (Å²) in [6.45, 7) is 3.22. The summed E-state index contributed by atoms with van der Waals surface area (Å²) in [6, 6.07) is 0. The molecule has 0 unspecified atom stereocenters. The van der Waals surface area contributed by atoms with Gasteiger partial charge in [-0.1, -0.05) is 0 Å². The Balaban J connectivity index is 1.50. The van der Waals surface area contributed by atoms with Gasteiger partial charge in [0.25, 0.3) is 5.91 Å². The van der Waals surface area contributed by atoms with Gasteiger partial charge in [-0.15, -0.1) is 0 Å². The number of ether oxygens (including phenoxy) is 1. The fourth-order valence-corrected chi connectivity index (χ4v) is 3.92. The first kappa shape index (κ1) is 16.3. The van der Waals surface area contributed by atoms with Crippen LogP contribution in [-0.2, 0) is 35.3 Å². The lowest BCUT2D eigenvalue weighted by atomic mass is 9.88. The van der Waals surface area contributed by atoms with Crippen LogP contribution in [0.1, 0.15) is 24.2 Å². The van der Waals surface area contributed by atoms with E-state index in [1.165, 1.54) is 5.56 Å². The SMILES string of the molecule is CNC(=O)[C@H]1Cn2ccnc2C2(CCN(Cc3cnn(C)c3)CC2)O1. The minimum absolute atomic E-state index is 0.0727. The zero-order valence-electron chi connectivity index (χ0n) is 14.7. The summed E-state index contributed by atoms with van der Waals surface area (Å²) in [7, 11) is 3.58. The van der Waals surface area contributed by atoms with E-state index in [9.17, 15) is 4.79 Å². The number of amides is 1. The predicted octanol–water partition coefficient (Wildman–Crippen LogP) is 0.253. The van der Waals surface area contributed by atoms with E-state index in [1.807, 2.05) is 24.1 Å². The maximum atomic E-state index is 12.1. The van der Waals surface area contributed by atoms with Crippen LogP contribution in [0.4, 0.5) is 0 Å². The van der Waals surface area contributed by atoms with Crippen molar-refractivity contribution in [2.45, 2.75) is 37.6 Å². The van der Waals surface area contributed by atoms with Crippen LogP contribution in [0.25, 0.3) is 0 Å². The van der Waals surface area contributed by atoms with Gasteiger partial charge in [0.05, 0.1) is 12.7 Å². The van der Waals surface area contributed by atoms with E-state index < -0.39 is 11.7 Å². The van der Waals surface area contributed by atoms with Gasteiger partial charge in [-0.05, 0) is 12.8 Å². The average molecular weight is 344 g/mol. The van der Waals surface area contributed by atoms with E-state index in [0.29, 0.717) is 6.54 Å². The maximum Gasteiger partial charge on any atom is 0.250 e. The lowest BCUT2D eigenvalue weighted by Crippen LogP contribution is -2.53. The minimum Gasteiger partial charge on any atom is -0.357 e. The van der Waals surface area contributed by atoms with Gasteiger partial charge in [-0.2, -0.15) is 5.10 Å². The number of aromatic nitrogens is 4. The number of nitrogens with one attached hydrogen (secondary N) is 1. The van der Waals surface area contributed by atoms with E-state index in [4.69, 9.17) is 4.74 Å². The molecule has 1 fully saturated rings. The Morgan fingerprint density at radius 3 is 2.92 bits per heavy atom. The van der Waals surface area contributed by atoms with Crippen LogP contribution in [0.15, 0.2) is 24.8 Å². The summed E-state index contributed by atoms with van der Waals surface area (Å²) < 4.78 is 10.2. The normalized spacial score (nSPS) is 22.7. The van der Waals surface area contributed by atoms with Gasteiger partial charge < -0.3 is 14.6 Å². The standard InChI is InChI=1S/C17H24N6O2/c1-18-15(24)14-12-23-8-5-19-16(23)17(25-14)3-6-22(7-4-17)11-13-9-20-21(2)10-13/h5,8-10,14H,3-4,6-7,11-12H2,1-2H3,(H,18,24)/t14-/m1/s1. The van der Waals surface area contributed by atoms with Crippen molar-refractivity contribution in [3.05, 3.63) is 36.2 Å². The summed E-state index contributed by atoms with van der Waals surface area (Å²) in [4.78, 5) is 19.1. The minimum atomic E-state index is -0.468. The summed E-state index contributed by atoms with van der Waals surface area (Å²) >= 11 is 0. The number of rotatable bonds is 3. The van der Waals surface area contributed by atoms with E-state index in [1.54, 1.807) is 13.2 Å².